The second kappa shape index (κ2) is 8.09. The van der Waals surface area contributed by atoms with Gasteiger partial charge in [0.2, 0.25) is 0 Å². The molecule has 3 N–H and O–H groups in total. The summed E-state index contributed by atoms with van der Waals surface area (Å²) in [6, 6.07) is 9.69. The SMILES string of the molecule is NCc1cc(-c2ccncc2)n[nH]1.c1cncc(-c2nccs2)c1. The largest absolute Gasteiger partial charge is 0.325 e. The molecule has 0 unspecified atom stereocenters. The van der Waals surface area contributed by atoms with Crippen molar-refractivity contribution in [1.29, 1.82) is 0 Å². The third-order valence-corrected chi connectivity index (χ3v) is 3.99. The van der Waals surface area contributed by atoms with Crippen LogP contribution in [0.1, 0.15) is 5.69 Å². The molecule has 120 valence electrons. The normalized spacial score (nSPS) is 10.0. The second-order valence-corrected chi connectivity index (χ2v) is 5.69. The molecule has 0 saturated heterocycles. The third kappa shape index (κ3) is 4.09. The van der Waals surface area contributed by atoms with Gasteiger partial charge in [0.05, 0.1) is 5.69 Å². The Kier molecular flexibility index (Phi) is 5.39. The number of H-pyrrole nitrogens is 1. The van der Waals surface area contributed by atoms with Crippen LogP contribution < -0.4 is 5.73 Å². The van der Waals surface area contributed by atoms with Crippen molar-refractivity contribution in [1.82, 2.24) is 25.1 Å². The van der Waals surface area contributed by atoms with Gasteiger partial charge in [-0.3, -0.25) is 15.1 Å². The molecule has 24 heavy (non-hydrogen) atoms. The van der Waals surface area contributed by atoms with Gasteiger partial charge in [0.1, 0.15) is 5.01 Å². The predicted molar refractivity (Wildman–Crippen MR) is 95.1 cm³/mol. The zero-order chi connectivity index (χ0) is 16.6. The van der Waals surface area contributed by atoms with Gasteiger partial charge in [-0.25, -0.2) is 4.98 Å². The van der Waals surface area contributed by atoms with Gasteiger partial charge in [0, 0.05) is 59.7 Å². The standard InChI is InChI=1S/C9H10N4.C8H6N2S/c10-6-8-5-9(13-12-8)7-1-3-11-4-2-7;1-2-7(6-9-3-1)8-10-4-5-11-8/h1-5H,6,10H2,(H,12,13);1-6H. The van der Waals surface area contributed by atoms with E-state index in [-0.39, 0.29) is 0 Å². The van der Waals surface area contributed by atoms with Crippen LogP contribution >= 0.6 is 11.3 Å². The van der Waals surface area contributed by atoms with Crippen molar-refractivity contribution in [2.75, 3.05) is 0 Å². The molecule has 0 aliphatic rings. The lowest BCUT2D eigenvalue weighted by molar-refractivity contribution is 0.948. The van der Waals surface area contributed by atoms with Crippen LogP contribution in [0.3, 0.4) is 0 Å². The average molecular weight is 336 g/mol. The summed E-state index contributed by atoms with van der Waals surface area (Å²) >= 11 is 1.62. The number of rotatable bonds is 3. The molecule has 0 aliphatic heterocycles. The van der Waals surface area contributed by atoms with Gasteiger partial charge in [-0.1, -0.05) is 0 Å². The van der Waals surface area contributed by atoms with Gasteiger partial charge >= 0.3 is 0 Å². The minimum Gasteiger partial charge on any atom is -0.325 e. The number of nitrogens with two attached hydrogens (primary N) is 1. The van der Waals surface area contributed by atoms with Crippen LogP contribution in [0.25, 0.3) is 21.8 Å². The van der Waals surface area contributed by atoms with Crippen molar-refractivity contribution >= 4 is 11.3 Å². The maximum absolute atomic E-state index is 5.46. The Morgan fingerprint density at radius 3 is 2.50 bits per heavy atom. The molecule has 0 bridgehead atoms. The molecule has 0 atom stereocenters. The molecule has 7 heteroatoms. The minimum absolute atomic E-state index is 0.484. The first-order valence-corrected chi connectivity index (χ1v) is 8.19. The zero-order valence-electron chi connectivity index (χ0n) is 12.8. The average Bonchev–Trinajstić information content (AvgIpc) is 3.36. The zero-order valence-corrected chi connectivity index (χ0v) is 13.6. The van der Waals surface area contributed by atoms with E-state index in [9.17, 15) is 0 Å². The van der Waals surface area contributed by atoms with Crippen LogP contribution in [-0.2, 0) is 6.54 Å². The molecule has 6 nitrogen and oxygen atoms in total. The number of hydrogen-bond acceptors (Lipinski definition) is 6. The number of aromatic nitrogens is 5. The van der Waals surface area contributed by atoms with Gasteiger partial charge in [-0.05, 0) is 30.3 Å². The molecule has 0 amide bonds. The summed E-state index contributed by atoms with van der Waals surface area (Å²) < 4.78 is 0. The fourth-order valence-electron chi connectivity index (χ4n) is 1.99. The molecular weight excluding hydrogens is 320 g/mol. The van der Waals surface area contributed by atoms with Gasteiger partial charge in [-0.2, -0.15) is 5.10 Å². The first-order chi connectivity index (χ1) is 11.9. The number of nitrogens with one attached hydrogen (secondary N) is 1. The lowest BCUT2D eigenvalue weighted by Gasteiger charge is -1.91. The van der Waals surface area contributed by atoms with E-state index in [0.717, 1.165) is 27.5 Å². The first kappa shape index (κ1) is 16.0. The molecule has 4 aromatic rings. The van der Waals surface area contributed by atoms with Gasteiger partial charge in [0.25, 0.3) is 0 Å². The van der Waals surface area contributed by atoms with Gasteiger partial charge in [0.15, 0.2) is 0 Å². The summed E-state index contributed by atoms with van der Waals surface area (Å²) in [4.78, 5) is 12.1. The minimum atomic E-state index is 0.484. The molecule has 0 saturated carbocycles. The molecule has 4 aromatic heterocycles. The molecule has 0 aromatic carbocycles. The maximum atomic E-state index is 5.46. The number of thiazole rings is 1. The Balaban J connectivity index is 0.000000143. The Bertz CT molecular complexity index is 843. The Morgan fingerprint density at radius 2 is 1.88 bits per heavy atom. The molecular formula is C17H16N6S. The highest BCUT2D eigenvalue weighted by molar-refractivity contribution is 7.13. The smallest absolute Gasteiger partial charge is 0.124 e. The van der Waals surface area contributed by atoms with Crippen molar-refractivity contribution in [2.45, 2.75) is 6.54 Å². The fraction of sp³-hybridized carbons (Fsp3) is 0.0588. The third-order valence-electron chi connectivity index (χ3n) is 3.17. The highest BCUT2D eigenvalue weighted by atomic mass is 32.1. The van der Waals surface area contributed by atoms with Crippen molar-refractivity contribution < 1.29 is 0 Å². The molecule has 4 rings (SSSR count). The van der Waals surface area contributed by atoms with Crippen LogP contribution in [0, 0.1) is 0 Å². The highest BCUT2D eigenvalue weighted by Gasteiger charge is 2.01. The molecule has 0 radical (unpaired) electrons. The van der Waals surface area contributed by atoms with Gasteiger partial charge < -0.3 is 5.73 Å². The Labute approximate surface area is 143 Å². The summed E-state index contributed by atoms with van der Waals surface area (Å²) in [7, 11) is 0. The van der Waals surface area contributed by atoms with E-state index < -0.39 is 0 Å². The van der Waals surface area contributed by atoms with Crippen molar-refractivity contribution in [3.05, 3.63) is 72.4 Å². The van der Waals surface area contributed by atoms with E-state index >= 15 is 0 Å². The van der Waals surface area contributed by atoms with Crippen molar-refractivity contribution in [2.24, 2.45) is 5.73 Å². The van der Waals surface area contributed by atoms with Crippen LogP contribution in [0.5, 0.6) is 0 Å². The maximum Gasteiger partial charge on any atom is 0.124 e. The topological polar surface area (TPSA) is 93.4 Å². The number of nitrogens with zero attached hydrogens (tertiary/aromatic N) is 4. The van der Waals surface area contributed by atoms with Crippen LogP contribution in [0.2, 0.25) is 0 Å². The van der Waals surface area contributed by atoms with Crippen LogP contribution in [0.4, 0.5) is 0 Å². The summed E-state index contributed by atoms with van der Waals surface area (Å²) in [6.45, 7) is 0.484. The highest BCUT2D eigenvalue weighted by Crippen LogP contribution is 2.19. The fourth-order valence-corrected chi connectivity index (χ4v) is 2.62. The summed E-state index contributed by atoms with van der Waals surface area (Å²) in [6.07, 6.45) is 8.86. The first-order valence-electron chi connectivity index (χ1n) is 7.31. The van der Waals surface area contributed by atoms with E-state index in [0.29, 0.717) is 6.54 Å². The van der Waals surface area contributed by atoms with Crippen molar-refractivity contribution in [3.63, 3.8) is 0 Å². The lowest BCUT2D eigenvalue weighted by Crippen LogP contribution is -1.95. The predicted octanol–water partition coefficient (Wildman–Crippen LogP) is 3.14. The summed E-state index contributed by atoms with van der Waals surface area (Å²) in [5, 5.41) is 9.97. The number of pyridine rings is 2. The van der Waals surface area contributed by atoms with E-state index in [1.54, 1.807) is 36.1 Å². The van der Waals surface area contributed by atoms with E-state index in [1.807, 2.05) is 41.9 Å². The Hall–Kier alpha value is -2.90. The molecule has 4 heterocycles. The summed E-state index contributed by atoms with van der Waals surface area (Å²) in [5.74, 6) is 0. The summed E-state index contributed by atoms with van der Waals surface area (Å²) in [5.41, 5.74) is 9.43. The second-order valence-electron chi connectivity index (χ2n) is 4.80. The van der Waals surface area contributed by atoms with E-state index in [2.05, 4.69) is 25.1 Å². The van der Waals surface area contributed by atoms with E-state index in [1.165, 1.54) is 0 Å². The number of aromatic amines is 1. The molecule has 0 fully saturated rings. The van der Waals surface area contributed by atoms with Crippen molar-refractivity contribution in [3.8, 4) is 21.8 Å². The number of hydrogen-bond donors (Lipinski definition) is 2. The quantitative estimate of drug-likeness (QED) is 0.599. The van der Waals surface area contributed by atoms with E-state index in [4.69, 9.17) is 5.73 Å². The molecule has 0 aliphatic carbocycles. The van der Waals surface area contributed by atoms with Crippen LogP contribution in [-0.4, -0.2) is 25.1 Å². The van der Waals surface area contributed by atoms with Crippen LogP contribution in [0.15, 0.2) is 66.7 Å². The Morgan fingerprint density at radius 1 is 1.00 bits per heavy atom. The van der Waals surface area contributed by atoms with Gasteiger partial charge in [-0.15, -0.1) is 11.3 Å². The lowest BCUT2D eigenvalue weighted by atomic mass is 10.2. The monoisotopic (exact) mass is 336 g/mol. The molecule has 0 spiro atoms.